The lowest BCUT2D eigenvalue weighted by Crippen LogP contribution is -2.45. The third-order valence-corrected chi connectivity index (χ3v) is 4.69. The van der Waals surface area contributed by atoms with Crippen LogP contribution in [0.25, 0.3) is 0 Å². The van der Waals surface area contributed by atoms with E-state index in [9.17, 15) is 9.90 Å². The molecule has 1 atom stereocenters. The third kappa shape index (κ3) is 4.74. The van der Waals surface area contributed by atoms with Crippen molar-refractivity contribution in [1.82, 2.24) is 5.32 Å². The summed E-state index contributed by atoms with van der Waals surface area (Å²) in [6, 6.07) is 0. The number of nitrogens with one attached hydrogen (secondary N) is 1. The molecule has 0 radical (unpaired) electrons. The van der Waals surface area contributed by atoms with E-state index in [1.54, 1.807) is 0 Å². The first-order chi connectivity index (χ1) is 9.59. The van der Waals surface area contributed by atoms with Gasteiger partial charge in [-0.3, -0.25) is 4.79 Å². The second-order valence-electron chi connectivity index (χ2n) is 6.54. The van der Waals surface area contributed by atoms with Crippen LogP contribution < -0.4 is 5.32 Å². The Morgan fingerprint density at radius 1 is 1.20 bits per heavy atom. The summed E-state index contributed by atoms with van der Waals surface area (Å²) in [5.74, 6) is -0.0884. The highest BCUT2D eigenvalue weighted by molar-refractivity contribution is 5.80. The molecule has 0 bridgehead atoms. The molecular formula is C16H29NO3. The maximum Gasteiger partial charge on any atom is 0.248 e. The maximum atomic E-state index is 12.1. The predicted octanol–water partition coefficient (Wildman–Crippen LogP) is 2.54. The molecule has 0 spiro atoms. The molecule has 0 aliphatic heterocycles. The van der Waals surface area contributed by atoms with Gasteiger partial charge in [-0.2, -0.15) is 0 Å². The van der Waals surface area contributed by atoms with E-state index in [0.717, 1.165) is 38.5 Å². The highest BCUT2D eigenvalue weighted by Gasteiger charge is 2.32. The predicted molar refractivity (Wildman–Crippen MR) is 78.5 cm³/mol. The molecule has 20 heavy (non-hydrogen) atoms. The zero-order valence-corrected chi connectivity index (χ0v) is 12.7. The van der Waals surface area contributed by atoms with Crippen LogP contribution in [0.3, 0.4) is 0 Å². The molecule has 4 heteroatoms. The second kappa shape index (κ2) is 7.41. The van der Waals surface area contributed by atoms with Crippen molar-refractivity contribution in [3.63, 3.8) is 0 Å². The van der Waals surface area contributed by atoms with Crippen molar-refractivity contribution in [1.29, 1.82) is 0 Å². The Balaban J connectivity index is 1.70. The summed E-state index contributed by atoms with van der Waals surface area (Å²) in [7, 11) is 0. The van der Waals surface area contributed by atoms with E-state index in [0.29, 0.717) is 6.54 Å². The fourth-order valence-electron chi connectivity index (χ4n) is 3.33. The molecule has 2 aliphatic rings. The summed E-state index contributed by atoms with van der Waals surface area (Å²) < 4.78 is 5.89. The van der Waals surface area contributed by atoms with Gasteiger partial charge in [-0.15, -0.1) is 0 Å². The minimum atomic E-state index is -0.683. The van der Waals surface area contributed by atoms with E-state index >= 15 is 0 Å². The van der Waals surface area contributed by atoms with Gasteiger partial charge in [-0.05, 0) is 32.6 Å². The fraction of sp³-hybridized carbons (Fsp3) is 0.938. The second-order valence-corrected chi connectivity index (χ2v) is 6.54. The molecule has 0 aromatic carbocycles. The van der Waals surface area contributed by atoms with E-state index in [2.05, 4.69) is 5.32 Å². The topological polar surface area (TPSA) is 58.6 Å². The Kier molecular flexibility index (Phi) is 5.85. The molecule has 1 amide bonds. The average Bonchev–Trinajstić information content (AvgIpc) is 2.70. The lowest BCUT2D eigenvalue weighted by molar-refractivity contribution is -0.137. The highest BCUT2D eigenvalue weighted by Crippen LogP contribution is 2.28. The molecule has 2 aliphatic carbocycles. The van der Waals surface area contributed by atoms with Crippen molar-refractivity contribution in [2.24, 2.45) is 0 Å². The van der Waals surface area contributed by atoms with Gasteiger partial charge in [0.15, 0.2) is 0 Å². The van der Waals surface area contributed by atoms with Crippen LogP contribution in [0.15, 0.2) is 0 Å². The van der Waals surface area contributed by atoms with Crippen molar-refractivity contribution < 1.29 is 14.6 Å². The zero-order chi connectivity index (χ0) is 14.4. The van der Waals surface area contributed by atoms with Gasteiger partial charge in [-0.1, -0.05) is 38.5 Å². The van der Waals surface area contributed by atoms with Gasteiger partial charge in [0, 0.05) is 6.54 Å². The molecule has 2 N–H and O–H groups in total. The number of hydrogen-bond acceptors (Lipinski definition) is 3. The first-order valence-corrected chi connectivity index (χ1v) is 8.25. The monoisotopic (exact) mass is 283 g/mol. The Morgan fingerprint density at radius 2 is 1.80 bits per heavy atom. The van der Waals surface area contributed by atoms with Crippen molar-refractivity contribution in [2.75, 3.05) is 6.54 Å². The molecule has 0 saturated heterocycles. The lowest BCUT2D eigenvalue weighted by atomic mass is 10.0. The van der Waals surface area contributed by atoms with Gasteiger partial charge in [0.1, 0.15) is 6.10 Å². The van der Waals surface area contributed by atoms with Gasteiger partial charge in [-0.25, -0.2) is 0 Å². The van der Waals surface area contributed by atoms with Crippen LogP contribution in [0.5, 0.6) is 0 Å². The summed E-state index contributed by atoms with van der Waals surface area (Å²) in [5.41, 5.74) is -0.683. The first kappa shape index (κ1) is 15.8. The van der Waals surface area contributed by atoms with Crippen molar-refractivity contribution >= 4 is 5.91 Å². The van der Waals surface area contributed by atoms with E-state index in [4.69, 9.17) is 4.74 Å². The Labute approximate surface area is 122 Å². The van der Waals surface area contributed by atoms with Crippen molar-refractivity contribution in [3.8, 4) is 0 Å². The summed E-state index contributed by atoms with van der Waals surface area (Å²) in [6.45, 7) is 2.18. The average molecular weight is 283 g/mol. The van der Waals surface area contributed by atoms with Gasteiger partial charge in [0.05, 0.1) is 11.7 Å². The van der Waals surface area contributed by atoms with Gasteiger partial charge < -0.3 is 15.2 Å². The Bertz CT molecular complexity index is 305. The number of carbonyl (C=O) groups is 1. The van der Waals surface area contributed by atoms with E-state index < -0.39 is 11.7 Å². The normalized spacial score (nSPS) is 25.1. The summed E-state index contributed by atoms with van der Waals surface area (Å²) in [5, 5.41) is 13.1. The van der Waals surface area contributed by atoms with E-state index in [-0.39, 0.29) is 12.0 Å². The molecule has 0 aromatic rings. The van der Waals surface area contributed by atoms with Crippen LogP contribution in [0, 0.1) is 0 Å². The van der Waals surface area contributed by atoms with Crippen LogP contribution in [0.1, 0.15) is 71.1 Å². The Hall–Kier alpha value is -0.610. The molecule has 4 nitrogen and oxygen atoms in total. The van der Waals surface area contributed by atoms with E-state index in [1.165, 1.54) is 25.7 Å². The quantitative estimate of drug-likeness (QED) is 0.762. The van der Waals surface area contributed by atoms with Gasteiger partial charge >= 0.3 is 0 Å². The standard InChI is InChI=1S/C16H29NO3/c1-13(20-14-8-4-2-3-5-9-14)15(18)17-12-16(19)10-6-7-11-16/h13-14,19H,2-12H2,1H3,(H,17,18). The molecule has 0 heterocycles. The minimum Gasteiger partial charge on any atom is -0.388 e. The molecule has 116 valence electrons. The number of rotatable bonds is 5. The van der Waals surface area contributed by atoms with Crippen LogP contribution in [-0.4, -0.2) is 35.4 Å². The lowest BCUT2D eigenvalue weighted by Gasteiger charge is -2.25. The molecular weight excluding hydrogens is 254 g/mol. The highest BCUT2D eigenvalue weighted by atomic mass is 16.5. The SMILES string of the molecule is CC(OC1CCCCCC1)C(=O)NCC1(O)CCCC1. The molecule has 1 unspecified atom stereocenters. The van der Waals surface area contributed by atoms with Crippen molar-refractivity contribution in [3.05, 3.63) is 0 Å². The summed E-state index contributed by atoms with van der Waals surface area (Å²) >= 11 is 0. The van der Waals surface area contributed by atoms with Crippen LogP contribution in [0.2, 0.25) is 0 Å². The van der Waals surface area contributed by atoms with Gasteiger partial charge in [0.2, 0.25) is 5.91 Å². The number of amides is 1. The molecule has 0 aromatic heterocycles. The largest absolute Gasteiger partial charge is 0.388 e. The molecule has 2 fully saturated rings. The van der Waals surface area contributed by atoms with Crippen molar-refractivity contribution in [2.45, 2.75) is 88.9 Å². The number of aliphatic hydroxyl groups is 1. The van der Waals surface area contributed by atoms with Crippen LogP contribution in [0.4, 0.5) is 0 Å². The molecule has 2 rings (SSSR count). The zero-order valence-electron chi connectivity index (χ0n) is 12.7. The van der Waals surface area contributed by atoms with Gasteiger partial charge in [0.25, 0.3) is 0 Å². The van der Waals surface area contributed by atoms with E-state index in [1.807, 2.05) is 6.92 Å². The summed E-state index contributed by atoms with van der Waals surface area (Å²) in [4.78, 5) is 12.1. The maximum absolute atomic E-state index is 12.1. The first-order valence-electron chi connectivity index (χ1n) is 8.25. The third-order valence-electron chi connectivity index (χ3n) is 4.69. The summed E-state index contributed by atoms with van der Waals surface area (Å²) in [6.07, 6.45) is 10.6. The Morgan fingerprint density at radius 3 is 2.40 bits per heavy atom. The number of ether oxygens (including phenoxy) is 1. The van der Waals surface area contributed by atoms with Crippen LogP contribution >= 0.6 is 0 Å². The number of hydrogen-bond donors (Lipinski definition) is 2. The minimum absolute atomic E-state index is 0.0884. The smallest absolute Gasteiger partial charge is 0.248 e. The number of carbonyl (C=O) groups excluding carboxylic acids is 1. The van der Waals surface area contributed by atoms with Crippen LogP contribution in [-0.2, 0) is 9.53 Å². The fourth-order valence-corrected chi connectivity index (χ4v) is 3.33. The molecule has 2 saturated carbocycles.